The summed E-state index contributed by atoms with van der Waals surface area (Å²) in [6.07, 6.45) is 0.146. The fourth-order valence-corrected chi connectivity index (χ4v) is 2.03. The number of nitrogens with zero attached hydrogens (tertiary/aromatic N) is 1. The molecular formula is C15H23NO3. The van der Waals surface area contributed by atoms with Crippen molar-refractivity contribution in [2.24, 2.45) is 5.92 Å². The molecule has 1 aromatic carbocycles. The lowest BCUT2D eigenvalue weighted by Crippen LogP contribution is -2.32. The summed E-state index contributed by atoms with van der Waals surface area (Å²) in [4.78, 5) is 12.9. The van der Waals surface area contributed by atoms with Crippen molar-refractivity contribution in [3.63, 3.8) is 0 Å². The van der Waals surface area contributed by atoms with Crippen molar-refractivity contribution in [3.05, 3.63) is 29.8 Å². The van der Waals surface area contributed by atoms with E-state index in [2.05, 4.69) is 11.8 Å². The van der Waals surface area contributed by atoms with Crippen LogP contribution in [0.1, 0.15) is 18.9 Å². The van der Waals surface area contributed by atoms with Gasteiger partial charge in [0.1, 0.15) is 0 Å². The Morgan fingerprint density at radius 2 is 2.00 bits per heavy atom. The summed E-state index contributed by atoms with van der Waals surface area (Å²) >= 11 is 0. The van der Waals surface area contributed by atoms with Gasteiger partial charge >= 0.3 is 5.97 Å². The predicted molar refractivity (Wildman–Crippen MR) is 76.7 cm³/mol. The van der Waals surface area contributed by atoms with Crippen LogP contribution < -0.4 is 4.90 Å². The van der Waals surface area contributed by atoms with Crippen LogP contribution in [-0.4, -0.2) is 37.9 Å². The van der Waals surface area contributed by atoms with E-state index in [1.54, 1.807) is 7.11 Å². The van der Waals surface area contributed by atoms with Crippen molar-refractivity contribution in [2.45, 2.75) is 20.3 Å². The molecule has 0 saturated carbocycles. The van der Waals surface area contributed by atoms with Crippen LogP contribution in [0.15, 0.2) is 24.3 Å². The number of carbonyl (C=O) groups is 1. The molecule has 0 amide bonds. The maximum atomic E-state index is 10.7. The van der Waals surface area contributed by atoms with Crippen LogP contribution in [0.2, 0.25) is 0 Å². The van der Waals surface area contributed by atoms with Crippen LogP contribution in [0.5, 0.6) is 0 Å². The molecule has 0 aromatic heterocycles. The summed E-state index contributed by atoms with van der Waals surface area (Å²) in [6.45, 7) is 6.14. The number of anilines is 1. The summed E-state index contributed by atoms with van der Waals surface area (Å²) in [5.41, 5.74) is 2.27. The molecule has 0 aliphatic carbocycles. The van der Waals surface area contributed by atoms with Crippen molar-refractivity contribution in [1.82, 2.24) is 0 Å². The van der Waals surface area contributed by atoms with Gasteiger partial charge in [-0.3, -0.25) is 4.79 Å². The van der Waals surface area contributed by atoms with Gasteiger partial charge in [-0.15, -0.1) is 0 Å². The first-order valence-corrected chi connectivity index (χ1v) is 6.55. The molecular weight excluding hydrogens is 242 g/mol. The van der Waals surface area contributed by atoms with Gasteiger partial charge in [-0.05, 0) is 25.0 Å². The lowest BCUT2D eigenvalue weighted by atomic mass is 10.1. The first kappa shape index (κ1) is 15.5. The molecule has 0 radical (unpaired) electrons. The number of hydrogen-bond acceptors (Lipinski definition) is 3. The molecule has 19 heavy (non-hydrogen) atoms. The minimum absolute atomic E-state index is 0.146. The Kier molecular flexibility index (Phi) is 6.36. The Labute approximate surface area is 115 Å². The molecule has 0 aliphatic rings. The molecule has 4 nitrogen and oxygen atoms in total. The Morgan fingerprint density at radius 1 is 1.37 bits per heavy atom. The Morgan fingerprint density at radius 3 is 2.53 bits per heavy atom. The number of ether oxygens (including phenoxy) is 1. The third kappa shape index (κ3) is 5.75. The average Bonchev–Trinajstić information content (AvgIpc) is 2.35. The van der Waals surface area contributed by atoms with Crippen molar-refractivity contribution in [3.8, 4) is 0 Å². The first-order chi connectivity index (χ1) is 9.02. The Hall–Kier alpha value is -1.55. The van der Waals surface area contributed by atoms with Crippen molar-refractivity contribution in [1.29, 1.82) is 0 Å². The van der Waals surface area contributed by atoms with E-state index in [4.69, 9.17) is 9.84 Å². The normalized spacial score (nSPS) is 12.2. The van der Waals surface area contributed by atoms with Crippen molar-refractivity contribution >= 4 is 11.7 Å². The van der Waals surface area contributed by atoms with E-state index in [0.717, 1.165) is 12.2 Å². The second-order valence-electron chi connectivity index (χ2n) is 4.99. The highest BCUT2D eigenvalue weighted by Crippen LogP contribution is 2.17. The number of rotatable bonds is 8. The van der Waals surface area contributed by atoms with Crippen LogP contribution in [-0.2, 0) is 9.53 Å². The number of aliphatic carboxylic acids is 1. The monoisotopic (exact) mass is 265 g/mol. The van der Waals surface area contributed by atoms with Gasteiger partial charge in [0.25, 0.3) is 0 Å². The number of carboxylic acids is 1. The fourth-order valence-electron chi connectivity index (χ4n) is 2.03. The van der Waals surface area contributed by atoms with E-state index >= 15 is 0 Å². The van der Waals surface area contributed by atoms with E-state index in [1.165, 1.54) is 5.56 Å². The molecule has 1 N–H and O–H groups in total. The molecule has 0 heterocycles. The number of hydrogen-bond donors (Lipinski definition) is 1. The molecule has 0 bridgehead atoms. The van der Waals surface area contributed by atoms with Crippen LogP contribution in [0.4, 0.5) is 5.69 Å². The van der Waals surface area contributed by atoms with E-state index in [1.807, 2.05) is 31.2 Å². The van der Waals surface area contributed by atoms with Gasteiger partial charge in [0.15, 0.2) is 0 Å². The molecule has 0 aliphatic heterocycles. The van der Waals surface area contributed by atoms with E-state index in [-0.39, 0.29) is 6.42 Å². The van der Waals surface area contributed by atoms with Gasteiger partial charge in [-0.1, -0.05) is 24.6 Å². The van der Waals surface area contributed by atoms with Crippen LogP contribution in [0, 0.1) is 12.8 Å². The highest BCUT2D eigenvalue weighted by Gasteiger charge is 2.12. The molecule has 0 spiro atoms. The summed E-state index contributed by atoms with van der Waals surface area (Å²) in [7, 11) is 1.68. The van der Waals surface area contributed by atoms with Crippen LogP contribution in [0.3, 0.4) is 0 Å². The number of aryl methyl sites for hydroxylation is 1. The number of methoxy groups -OCH3 is 1. The molecule has 4 heteroatoms. The molecule has 1 unspecified atom stereocenters. The van der Waals surface area contributed by atoms with Gasteiger partial charge < -0.3 is 14.7 Å². The summed E-state index contributed by atoms with van der Waals surface area (Å²) in [5.74, 6) is -0.406. The number of benzene rings is 1. The van der Waals surface area contributed by atoms with E-state index < -0.39 is 5.97 Å². The smallest absolute Gasteiger partial charge is 0.305 e. The molecule has 0 saturated heterocycles. The summed E-state index contributed by atoms with van der Waals surface area (Å²) in [5, 5.41) is 8.84. The van der Waals surface area contributed by atoms with Crippen molar-refractivity contribution in [2.75, 3.05) is 31.7 Å². The summed E-state index contributed by atoms with van der Waals surface area (Å²) < 4.78 is 5.14. The second-order valence-corrected chi connectivity index (χ2v) is 4.99. The van der Waals surface area contributed by atoms with Gasteiger partial charge in [-0.2, -0.15) is 0 Å². The third-order valence-corrected chi connectivity index (χ3v) is 2.98. The van der Waals surface area contributed by atoms with Gasteiger partial charge in [0, 0.05) is 25.9 Å². The van der Waals surface area contributed by atoms with Crippen molar-refractivity contribution < 1.29 is 14.6 Å². The second kappa shape index (κ2) is 7.79. The first-order valence-electron chi connectivity index (χ1n) is 6.55. The van der Waals surface area contributed by atoms with E-state index in [0.29, 0.717) is 19.1 Å². The Balaban J connectivity index is 2.72. The zero-order chi connectivity index (χ0) is 14.3. The average molecular weight is 265 g/mol. The SMILES string of the molecule is COCC(C)CN(CCC(=O)O)c1ccc(C)cc1. The standard InChI is InChI=1S/C15H23NO3/c1-12-4-6-14(7-5-12)16(9-8-15(17)18)10-13(2)11-19-3/h4-7,13H,8-11H2,1-3H3,(H,17,18). The third-order valence-electron chi connectivity index (χ3n) is 2.98. The zero-order valence-corrected chi connectivity index (χ0v) is 11.9. The lowest BCUT2D eigenvalue weighted by molar-refractivity contribution is -0.136. The Bertz CT molecular complexity index is 389. The topological polar surface area (TPSA) is 49.8 Å². The molecule has 1 rings (SSSR count). The molecule has 0 fully saturated rings. The van der Waals surface area contributed by atoms with E-state index in [9.17, 15) is 4.79 Å². The summed E-state index contributed by atoms with van der Waals surface area (Å²) in [6, 6.07) is 8.17. The van der Waals surface area contributed by atoms with Crippen LogP contribution in [0.25, 0.3) is 0 Å². The zero-order valence-electron chi connectivity index (χ0n) is 11.9. The minimum atomic E-state index is -0.767. The molecule has 106 valence electrons. The fraction of sp³-hybridized carbons (Fsp3) is 0.533. The molecule has 1 aromatic rings. The highest BCUT2D eigenvalue weighted by atomic mass is 16.5. The quantitative estimate of drug-likeness (QED) is 0.785. The largest absolute Gasteiger partial charge is 0.481 e. The predicted octanol–water partition coefficient (Wildman–Crippen LogP) is 2.56. The maximum Gasteiger partial charge on any atom is 0.305 e. The van der Waals surface area contributed by atoms with Gasteiger partial charge in [0.05, 0.1) is 13.0 Å². The maximum absolute atomic E-state index is 10.7. The highest BCUT2D eigenvalue weighted by molar-refractivity contribution is 5.67. The lowest BCUT2D eigenvalue weighted by Gasteiger charge is -2.27. The molecule has 1 atom stereocenters. The van der Waals surface area contributed by atoms with Crippen LogP contribution >= 0.6 is 0 Å². The van der Waals surface area contributed by atoms with Gasteiger partial charge in [0.2, 0.25) is 0 Å². The minimum Gasteiger partial charge on any atom is -0.481 e. The van der Waals surface area contributed by atoms with Gasteiger partial charge in [-0.25, -0.2) is 0 Å². The number of carboxylic acid groups (broad SMARTS) is 1.